The molecule has 22 heavy (non-hydrogen) atoms. The van der Waals surface area contributed by atoms with E-state index >= 15 is 0 Å². The Balaban J connectivity index is 2.04. The van der Waals surface area contributed by atoms with Gasteiger partial charge in [-0.25, -0.2) is 0 Å². The number of methoxy groups -OCH3 is 1. The van der Waals surface area contributed by atoms with E-state index in [1.807, 2.05) is 42.5 Å². The first-order valence-electron chi connectivity index (χ1n) is 6.86. The number of nitro groups is 1. The zero-order valence-electron chi connectivity index (χ0n) is 12.3. The summed E-state index contributed by atoms with van der Waals surface area (Å²) >= 11 is 0. The summed E-state index contributed by atoms with van der Waals surface area (Å²) in [5.74, 6) is 0.588. The molecule has 0 aliphatic rings. The third-order valence-corrected chi connectivity index (χ3v) is 3.15. The molecule has 0 saturated carbocycles. The van der Waals surface area contributed by atoms with Gasteiger partial charge < -0.3 is 4.74 Å². The van der Waals surface area contributed by atoms with Crippen LogP contribution in [0.15, 0.2) is 54.6 Å². The number of nitrogens with one attached hydrogen (secondary N) is 1. The summed E-state index contributed by atoms with van der Waals surface area (Å²) in [6.07, 6.45) is 0. The Morgan fingerprint density at radius 2 is 1.82 bits per heavy atom. The standard InChI is InChI=1S/C16H18N2O4/c1-21-16-10-6-5-9-14(16)15(11-18(19)20)17-22-12-13-7-3-2-4-8-13/h2-10,15,17H,11-12H2,1H3/t15-/m0/s1. The molecule has 0 bridgehead atoms. The highest BCUT2D eigenvalue weighted by Crippen LogP contribution is 2.25. The number of rotatable bonds is 8. The quantitative estimate of drug-likeness (QED) is 0.599. The van der Waals surface area contributed by atoms with E-state index in [0.29, 0.717) is 17.9 Å². The molecule has 0 heterocycles. The first-order valence-corrected chi connectivity index (χ1v) is 6.86. The Morgan fingerprint density at radius 1 is 1.14 bits per heavy atom. The van der Waals surface area contributed by atoms with E-state index in [2.05, 4.69) is 5.48 Å². The van der Waals surface area contributed by atoms with Crippen LogP contribution in [0, 0.1) is 10.1 Å². The molecule has 2 aromatic rings. The van der Waals surface area contributed by atoms with Crippen LogP contribution >= 0.6 is 0 Å². The van der Waals surface area contributed by atoms with E-state index in [9.17, 15) is 10.1 Å². The maximum absolute atomic E-state index is 10.9. The molecule has 116 valence electrons. The number of ether oxygens (including phenoxy) is 1. The lowest BCUT2D eigenvalue weighted by Gasteiger charge is -2.17. The van der Waals surface area contributed by atoms with E-state index in [-0.39, 0.29) is 11.5 Å². The lowest BCUT2D eigenvalue weighted by molar-refractivity contribution is -0.486. The van der Waals surface area contributed by atoms with Gasteiger partial charge in [0.15, 0.2) is 0 Å². The summed E-state index contributed by atoms with van der Waals surface area (Å²) in [6, 6.07) is 16.2. The number of hydroxylamine groups is 1. The highest BCUT2D eigenvalue weighted by Gasteiger charge is 2.21. The van der Waals surface area contributed by atoms with Crippen LogP contribution < -0.4 is 10.2 Å². The molecule has 0 spiro atoms. The third kappa shape index (κ3) is 4.54. The van der Waals surface area contributed by atoms with Crippen LogP contribution in [-0.2, 0) is 11.4 Å². The van der Waals surface area contributed by atoms with Gasteiger partial charge in [-0.1, -0.05) is 48.5 Å². The predicted octanol–water partition coefficient (Wildman–Crippen LogP) is 2.73. The van der Waals surface area contributed by atoms with Gasteiger partial charge in [-0.3, -0.25) is 15.0 Å². The van der Waals surface area contributed by atoms with Crippen molar-refractivity contribution < 1.29 is 14.5 Å². The van der Waals surface area contributed by atoms with Crippen LogP contribution in [0.4, 0.5) is 0 Å². The summed E-state index contributed by atoms with van der Waals surface area (Å²) in [4.78, 5) is 15.9. The van der Waals surface area contributed by atoms with Gasteiger partial charge in [-0.15, -0.1) is 0 Å². The second-order valence-electron chi connectivity index (χ2n) is 4.70. The predicted molar refractivity (Wildman–Crippen MR) is 82.0 cm³/mol. The molecule has 6 nitrogen and oxygen atoms in total. The molecule has 0 fully saturated rings. The van der Waals surface area contributed by atoms with Gasteiger partial charge in [0, 0.05) is 10.5 Å². The van der Waals surface area contributed by atoms with Gasteiger partial charge in [0.05, 0.1) is 13.7 Å². The van der Waals surface area contributed by atoms with Crippen molar-refractivity contribution in [2.45, 2.75) is 12.6 Å². The minimum atomic E-state index is -0.588. The number of para-hydroxylation sites is 1. The topological polar surface area (TPSA) is 73.6 Å². The SMILES string of the molecule is COc1ccccc1[C@H](C[N+](=O)[O-])NOCc1ccccc1. The Labute approximate surface area is 128 Å². The molecular formula is C16H18N2O4. The molecule has 0 radical (unpaired) electrons. The summed E-state index contributed by atoms with van der Waals surface area (Å²) in [5, 5.41) is 10.9. The fraction of sp³-hybridized carbons (Fsp3) is 0.250. The minimum Gasteiger partial charge on any atom is -0.496 e. The van der Waals surface area contributed by atoms with Crippen molar-refractivity contribution in [1.82, 2.24) is 5.48 Å². The molecule has 2 rings (SSSR count). The summed E-state index contributed by atoms with van der Waals surface area (Å²) in [6.45, 7) is 0.0271. The first-order chi connectivity index (χ1) is 10.7. The van der Waals surface area contributed by atoms with Crippen molar-refractivity contribution in [3.8, 4) is 5.75 Å². The first kappa shape index (κ1) is 15.9. The molecule has 2 aromatic carbocycles. The van der Waals surface area contributed by atoms with Crippen molar-refractivity contribution >= 4 is 0 Å². The molecule has 0 amide bonds. The Bertz CT molecular complexity index is 604. The van der Waals surface area contributed by atoms with Crippen molar-refractivity contribution in [1.29, 1.82) is 0 Å². The van der Waals surface area contributed by atoms with Crippen LogP contribution in [0.1, 0.15) is 17.2 Å². The van der Waals surface area contributed by atoms with Crippen LogP contribution in [0.5, 0.6) is 5.75 Å². The van der Waals surface area contributed by atoms with E-state index < -0.39 is 6.04 Å². The van der Waals surface area contributed by atoms with Crippen molar-refractivity contribution in [3.05, 3.63) is 75.8 Å². The smallest absolute Gasteiger partial charge is 0.225 e. The number of hydrogen-bond acceptors (Lipinski definition) is 5. The zero-order chi connectivity index (χ0) is 15.8. The van der Waals surface area contributed by atoms with Gasteiger partial charge in [0.25, 0.3) is 0 Å². The molecular weight excluding hydrogens is 284 g/mol. The third-order valence-electron chi connectivity index (χ3n) is 3.15. The second-order valence-corrected chi connectivity index (χ2v) is 4.70. The van der Waals surface area contributed by atoms with E-state index in [4.69, 9.17) is 9.57 Å². The Hall–Kier alpha value is -2.44. The fourth-order valence-electron chi connectivity index (χ4n) is 2.10. The van der Waals surface area contributed by atoms with Crippen molar-refractivity contribution in [2.75, 3.05) is 13.7 Å². The largest absolute Gasteiger partial charge is 0.496 e. The monoisotopic (exact) mass is 302 g/mol. The van der Waals surface area contributed by atoms with Gasteiger partial charge in [0.2, 0.25) is 6.54 Å². The van der Waals surface area contributed by atoms with E-state index in [0.717, 1.165) is 5.56 Å². The number of benzene rings is 2. The lowest BCUT2D eigenvalue weighted by atomic mass is 10.1. The normalized spacial score (nSPS) is 11.9. The fourth-order valence-corrected chi connectivity index (χ4v) is 2.10. The molecule has 0 aromatic heterocycles. The molecule has 0 aliphatic carbocycles. The average Bonchev–Trinajstić information content (AvgIpc) is 2.54. The van der Waals surface area contributed by atoms with E-state index in [1.54, 1.807) is 12.1 Å². The van der Waals surface area contributed by atoms with Crippen LogP contribution in [0.3, 0.4) is 0 Å². The average molecular weight is 302 g/mol. The zero-order valence-corrected chi connectivity index (χ0v) is 12.3. The van der Waals surface area contributed by atoms with Crippen molar-refractivity contribution in [2.24, 2.45) is 0 Å². The summed E-state index contributed by atoms with van der Waals surface area (Å²) in [5.41, 5.74) is 4.44. The number of hydrogen-bond donors (Lipinski definition) is 1. The molecule has 6 heteroatoms. The second kappa shape index (κ2) is 8.11. The van der Waals surface area contributed by atoms with Gasteiger partial charge >= 0.3 is 0 Å². The Kier molecular flexibility index (Phi) is 5.88. The van der Waals surface area contributed by atoms with Crippen LogP contribution in [0.2, 0.25) is 0 Å². The van der Waals surface area contributed by atoms with Gasteiger partial charge in [-0.05, 0) is 11.6 Å². The summed E-state index contributed by atoms with van der Waals surface area (Å²) in [7, 11) is 1.53. The molecule has 1 N–H and O–H groups in total. The number of nitrogens with zero attached hydrogens (tertiary/aromatic N) is 1. The van der Waals surface area contributed by atoms with E-state index in [1.165, 1.54) is 7.11 Å². The lowest BCUT2D eigenvalue weighted by Crippen LogP contribution is -2.28. The van der Waals surface area contributed by atoms with Crippen molar-refractivity contribution in [3.63, 3.8) is 0 Å². The molecule has 0 saturated heterocycles. The Morgan fingerprint density at radius 3 is 2.50 bits per heavy atom. The molecule has 0 unspecified atom stereocenters. The highest BCUT2D eigenvalue weighted by atomic mass is 16.7. The van der Waals surface area contributed by atoms with Gasteiger partial charge in [0.1, 0.15) is 11.8 Å². The minimum absolute atomic E-state index is 0.296. The van der Waals surface area contributed by atoms with Crippen LogP contribution in [-0.4, -0.2) is 18.6 Å². The maximum atomic E-state index is 10.9. The highest BCUT2D eigenvalue weighted by molar-refractivity contribution is 5.35. The van der Waals surface area contributed by atoms with Crippen LogP contribution in [0.25, 0.3) is 0 Å². The van der Waals surface area contributed by atoms with Gasteiger partial charge in [-0.2, -0.15) is 5.48 Å². The molecule has 0 aliphatic heterocycles. The summed E-state index contributed by atoms with van der Waals surface area (Å²) < 4.78 is 5.25. The molecule has 1 atom stereocenters. The maximum Gasteiger partial charge on any atom is 0.225 e.